The maximum atomic E-state index is 11.9. The molecule has 8 heteroatoms. The standard InChI is InChI=1S/C12H17N3O3S2/c1-18-8-3-5-15(6-4-8)12-11(20(2,16)17)10(14)9(7-13)19-12/h8H,3-6,14H2,1-2H3. The highest BCUT2D eigenvalue weighted by Gasteiger charge is 2.29. The van der Waals surface area contributed by atoms with Gasteiger partial charge in [-0.05, 0) is 12.8 Å². The van der Waals surface area contributed by atoms with E-state index >= 15 is 0 Å². The number of sulfone groups is 1. The van der Waals surface area contributed by atoms with Crippen LogP contribution in [-0.4, -0.2) is 41.0 Å². The number of rotatable bonds is 3. The first kappa shape index (κ1) is 15.1. The van der Waals surface area contributed by atoms with Gasteiger partial charge in [0.15, 0.2) is 9.84 Å². The molecule has 1 aliphatic rings. The molecule has 2 rings (SSSR count). The lowest BCUT2D eigenvalue weighted by molar-refractivity contribution is 0.0819. The molecule has 0 unspecified atom stereocenters. The fraction of sp³-hybridized carbons (Fsp3) is 0.583. The number of nitrogens with two attached hydrogens (primary N) is 1. The average Bonchev–Trinajstić information content (AvgIpc) is 2.75. The van der Waals surface area contributed by atoms with Crippen LogP contribution in [0.25, 0.3) is 0 Å². The summed E-state index contributed by atoms with van der Waals surface area (Å²) in [4.78, 5) is 2.33. The van der Waals surface area contributed by atoms with Gasteiger partial charge in [0.25, 0.3) is 0 Å². The van der Waals surface area contributed by atoms with Gasteiger partial charge in [-0.15, -0.1) is 11.3 Å². The van der Waals surface area contributed by atoms with Gasteiger partial charge in [0.1, 0.15) is 20.8 Å². The summed E-state index contributed by atoms with van der Waals surface area (Å²) in [6.07, 6.45) is 3.00. The minimum atomic E-state index is -3.46. The third-order valence-electron chi connectivity index (χ3n) is 3.42. The molecule has 2 heterocycles. The first-order valence-electron chi connectivity index (χ1n) is 6.18. The lowest BCUT2D eigenvalue weighted by atomic mass is 10.1. The van der Waals surface area contributed by atoms with Gasteiger partial charge in [0.05, 0.1) is 11.8 Å². The van der Waals surface area contributed by atoms with Crippen molar-refractivity contribution in [2.45, 2.75) is 23.8 Å². The van der Waals surface area contributed by atoms with Crippen LogP contribution in [-0.2, 0) is 14.6 Å². The quantitative estimate of drug-likeness (QED) is 0.901. The molecular formula is C12H17N3O3S2. The van der Waals surface area contributed by atoms with Crippen molar-refractivity contribution in [3.63, 3.8) is 0 Å². The predicted molar refractivity (Wildman–Crippen MR) is 78.8 cm³/mol. The molecule has 1 fully saturated rings. The molecule has 0 aliphatic carbocycles. The number of methoxy groups -OCH3 is 1. The van der Waals surface area contributed by atoms with Crippen LogP contribution in [0.3, 0.4) is 0 Å². The lowest BCUT2D eigenvalue weighted by Gasteiger charge is -2.32. The highest BCUT2D eigenvalue weighted by molar-refractivity contribution is 7.91. The summed E-state index contributed by atoms with van der Waals surface area (Å²) in [6.45, 7) is 1.40. The zero-order valence-electron chi connectivity index (χ0n) is 11.4. The molecule has 0 saturated carbocycles. The van der Waals surface area contributed by atoms with E-state index < -0.39 is 9.84 Å². The minimum absolute atomic E-state index is 0.0730. The molecule has 0 radical (unpaired) electrons. The van der Waals surface area contributed by atoms with Crippen molar-refractivity contribution in [1.29, 1.82) is 5.26 Å². The van der Waals surface area contributed by atoms with Crippen molar-refractivity contribution < 1.29 is 13.2 Å². The molecule has 0 atom stereocenters. The molecule has 1 saturated heterocycles. The Balaban J connectivity index is 2.40. The number of ether oxygens (including phenoxy) is 1. The van der Waals surface area contributed by atoms with E-state index in [1.807, 2.05) is 11.0 Å². The van der Waals surface area contributed by atoms with E-state index in [-0.39, 0.29) is 21.6 Å². The maximum absolute atomic E-state index is 11.9. The van der Waals surface area contributed by atoms with Gasteiger partial charge in [0, 0.05) is 26.5 Å². The SMILES string of the molecule is COC1CCN(c2sc(C#N)c(N)c2S(C)(=O)=O)CC1. The second-order valence-corrected chi connectivity index (χ2v) is 7.74. The van der Waals surface area contributed by atoms with Gasteiger partial charge in [-0.1, -0.05) is 0 Å². The number of thiophene rings is 1. The second kappa shape index (κ2) is 5.60. The lowest BCUT2D eigenvalue weighted by Crippen LogP contribution is -2.36. The van der Waals surface area contributed by atoms with E-state index in [9.17, 15) is 8.42 Å². The average molecular weight is 315 g/mol. The van der Waals surface area contributed by atoms with Crippen molar-refractivity contribution >= 4 is 31.9 Å². The normalized spacial score (nSPS) is 17.1. The fourth-order valence-electron chi connectivity index (χ4n) is 2.36. The molecule has 1 aromatic rings. The second-order valence-electron chi connectivity index (χ2n) is 4.79. The van der Waals surface area contributed by atoms with Crippen LogP contribution < -0.4 is 10.6 Å². The van der Waals surface area contributed by atoms with Gasteiger partial charge in [0.2, 0.25) is 0 Å². The third-order valence-corrected chi connectivity index (χ3v) is 5.87. The van der Waals surface area contributed by atoms with Gasteiger partial charge in [-0.3, -0.25) is 0 Å². The highest BCUT2D eigenvalue weighted by Crippen LogP contribution is 2.42. The van der Waals surface area contributed by atoms with Crippen molar-refractivity contribution in [3.05, 3.63) is 4.88 Å². The number of piperidine rings is 1. The summed E-state index contributed by atoms with van der Waals surface area (Å²) in [5.41, 5.74) is 5.89. The molecule has 1 aliphatic heterocycles. The van der Waals surface area contributed by atoms with E-state index in [1.54, 1.807) is 7.11 Å². The molecule has 2 N–H and O–H groups in total. The summed E-state index contributed by atoms with van der Waals surface area (Å²) >= 11 is 1.15. The van der Waals surface area contributed by atoms with Gasteiger partial charge < -0.3 is 15.4 Å². The summed E-state index contributed by atoms with van der Waals surface area (Å²) in [7, 11) is -1.78. The van der Waals surface area contributed by atoms with E-state index in [1.165, 1.54) is 0 Å². The fourth-order valence-corrected chi connectivity index (χ4v) is 4.92. The van der Waals surface area contributed by atoms with Gasteiger partial charge >= 0.3 is 0 Å². The topological polar surface area (TPSA) is 96.4 Å². The Bertz CT molecular complexity index is 638. The Hall–Kier alpha value is -1.30. The molecule has 0 bridgehead atoms. The molecule has 0 aromatic carbocycles. The largest absolute Gasteiger partial charge is 0.396 e. The van der Waals surface area contributed by atoms with E-state index in [0.29, 0.717) is 18.1 Å². The van der Waals surface area contributed by atoms with Gasteiger partial charge in [-0.2, -0.15) is 5.26 Å². The van der Waals surface area contributed by atoms with Crippen LogP contribution in [0, 0.1) is 11.3 Å². The predicted octanol–water partition coefficient (Wildman–Crippen LogP) is 1.22. The van der Waals surface area contributed by atoms with E-state index in [2.05, 4.69) is 0 Å². The highest BCUT2D eigenvalue weighted by atomic mass is 32.2. The first-order chi connectivity index (χ1) is 9.38. The molecular weight excluding hydrogens is 298 g/mol. The van der Waals surface area contributed by atoms with E-state index in [0.717, 1.165) is 30.4 Å². The Morgan fingerprint density at radius 1 is 1.45 bits per heavy atom. The van der Waals surface area contributed by atoms with Crippen LogP contribution in [0.2, 0.25) is 0 Å². The number of nitriles is 1. The Labute approximate surface area is 122 Å². The Morgan fingerprint density at radius 3 is 2.50 bits per heavy atom. The third kappa shape index (κ3) is 2.75. The summed E-state index contributed by atoms with van der Waals surface area (Å²) in [5, 5.41) is 9.63. The van der Waals surface area contributed by atoms with Gasteiger partial charge in [-0.25, -0.2) is 8.42 Å². The summed E-state index contributed by atoms with van der Waals surface area (Å²) in [5.74, 6) is 0. The molecule has 20 heavy (non-hydrogen) atoms. The van der Waals surface area contributed by atoms with Crippen LogP contribution >= 0.6 is 11.3 Å². The number of hydrogen-bond donors (Lipinski definition) is 1. The number of nitrogen functional groups attached to an aromatic ring is 1. The van der Waals surface area contributed by atoms with Crippen LogP contribution in [0.1, 0.15) is 17.7 Å². The van der Waals surface area contributed by atoms with E-state index in [4.69, 9.17) is 15.7 Å². The molecule has 1 aromatic heterocycles. The Kier molecular flexibility index (Phi) is 4.22. The summed E-state index contributed by atoms with van der Waals surface area (Å²) in [6, 6.07) is 1.96. The number of anilines is 2. The molecule has 6 nitrogen and oxygen atoms in total. The van der Waals surface area contributed by atoms with Crippen molar-refractivity contribution in [1.82, 2.24) is 0 Å². The maximum Gasteiger partial charge on any atom is 0.180 e. The number of nitrogens with zero attached hydrogens (tertiary/aromatic N) is 2. The van der Waals surface area contributed by atoms with Crippen molar-refractivity contribution in [2.24, 2.45) is 0 Å². The van der Waals surface area contributed by atoms with Crippen LogP contribution in [0.4, 0.5) is 10.7 Å². The molecule has 0 amide bonds. The van der Waals surface area contributed by atoms with Crippen molar-refractivity contribution in [2.75, 3.05) is 37.1 Å². The first-order valence-corrected chi connectivity index (χ1v) is 8.89. The molecule has 110 valence electrons. The smallest absolute Gasteiger partial charge is 0.180 e. The molecule has 0 spiro atoms. The summed E-state index contributed by atoms with van der Waals surface area (Å²) < 4.78 is 29.2. The van der Waals surface area contributed by atoms with Crippen LogP contribution in [0.15, 0.2) is 4.90 Å². The zero-order valence-corrected chi connectivity index (χ0v) is 13.1. The Morgan fingerprint density at radius 2 is 2.05 bits per heavy atom. The zero-order chi connectivity index (χ0) is 14.9. The van der Waals surface area contributed by atoms with Crippen molar-refractivity contribution in [3.8, 4) is 6.07 Å². The van der Waals surface area contributed by atoms with Crippen LogP contribution in [0.5, 0.6) is 0 Å². The monoisotopic (exact) mass is 315 g/mol. The number of hydrogen-bond acceptors (Lipinski definition) is 7. The minimum Gasteiger partial charge on any atom is -0.396 e.